The molecule has 0 N–H and O–H groups in total. The Balaban J connectivity index is 1.49. The summed E-state index contributed by atoms with van der Waals surface area (Å²) in [5.74, 6) is 0.913. The number of amides is 1. The molecule has 0 unspecified atom stereocenters. The second kappa shape index (κ2) is 9.48. The van der Waals surface area contributed by atoms with Crippen molar-refractivity contribution in [2.45, 2.75) is 23.6 Å². The fourth-order valence-corrected chi connectivity index (χ4v) is 5.00. The van der Waals surface area contributed by atoms with Crippen LogP contribution in [0.5, 0.6) is 5.75 Å². The van der Waals surface area contributed by atoms with Crippen LogP contribution in [0.3, 0.4) is 0 Å². The lowest BCUT2D eigenvalue weighted by molar-refractivity contribution is 0.0743. The first-order chi connectivity index (χ1) is 15.1. The number of carbonyl (C=O) groups is 1. The van der Waals surface area contributed by atoms with Gasteiger partial charge in [0.2, 0.25) is 0 Å². The van der Waals surface area contributed by atoms with Gasteiger partial charge in [0.15, 0.2) is 0 Å². The number of hydrogen-bond donors (Lipinski definition) is 0. The van der Waals surface area contributed by atoms with Crippen molar-refractivity contribution in [3.63, 3.8) is 0 Å². The summed E-state index contributed by atoms with van der Waals surface area (Å²) in [5, 5.41) is 0. The van der Waals surface area contributed by atoms with Crippen molar-refractivity contribution in [1.82, 2.24) is 4.90 Å². The standard InChI is InChI=1S/C26H28N2O2S/c1-19-9-8-11-22(20(19)2)27-15-17-28(18-16-27)26(29)21-10-4-6-13-24(21)31-25-14-7-5-12-23(25)30-3/h4-14H,15-18H2,1-3H3. The molecule has 4 nitrogen and oxygen atoms in total. The third-order valence-corrected chi connectivity index (χ3v) is 7.02. The Bertz CT molecular complexity index is 1070. The van der Waals surface area contributed by atoms with Crippen molar-refractivity contribution in [3.05, 3.63) is 83.4 Å². The first-order valence-electron chi connectivity index (χ1n) is 10.6. The molecule has 0 aromatic heterocycles. The monoisotopic (exact) mass is 432 g/mol. The van der Waals surface area contributed by atoms with Crippen LogP contribution < -0.4 is 9.64 Å². The van der Waals surface area contributed by atoms with Crippen LogP contribution in [0, 0.1) is 13.8 Å². The van der Waals surface area contributed by atoms with Crippen molar-refractivity contribution in [2.75, 3.05) is 38.2 Å². The van der Waals surface area contributed by atoms with E-state index in [2.05, 4.69) is 36.9 Å². The summed E-state index contributed by atoms with van der Waals surface area (Å²) in [5.41, 5.74) is 4.65. The van der Waals surface area contributed by atoms with Gasteiger partial charge in [-0.1, -0.05) is 48.2 Å². The third-order valence-electron chi connectivity index (χ3n) is 5.89. The van der Waals surface area contributed by atoms with E-state index in [0.717, 1.165) is 47.3 Å². The molecule has 1 aliphatic heterocycles. The maximum absolute atomic E-state index is 13.4. The van der Waals surface area contributed by atoms with Gasteiger partial charge in [-0.25, -0.2) is 0 Å². The van der Waals surface area contributed by atoms with Gasteiger partial charge < -0.3 is 14.5 Å². The van der Waals surface area contributed by atoms with E-state index in [1.165, 1.54) is 16.8 Å². The zero-order chi connectivity index (χ0) is 21.8. The second-order valence-corrected chi connectivity index (χ2v) is 8.83. The summed E-state index contributed by atoms with van der Waals surface area (Å²) >= 11 is 1.58. The topological polar surface area (TPSA) is 32.8 Å². The molecule has 0 atom stereocenters. The molecule has 1 heterocycles. The van der Waals surface area contributed by atoms with Crippen LogP contribution in [0.25, 0.3) is 0 Å². The predicted octanol–water partition coefficient (Wildman–Crippen LogP) is 5.43. The van der Waals surface area contributed by atoms with Crippen molar-refractivity contribution in [3.8, 4) is 5.75 Å². The number of anilines is 1. The number of piperazine rings is 1. The summed E-state index contributed by atoms with van der Waals surface area (Å²) in [6.07, 6.45) is 0. The largest absolute Gasteiger partial charge is 0.496 e. The van der Waals surface area contributed by atoms with Crippen LogP contribution >= 0.6 is 11.8 Å². The summed E-state index contributed by atoms with van der Waals surface area (Å²) in [7, 11) is 1.67. The Morgan fingerprint density at radius 2 is 1.52 bits per heavy atom. The fraction of sp³-hybridized carbons (Fsp3) is 0.269. The summed E-state index contributed by atoms with van der Waals surface area (Å²) in [6, 6.07) is 22.2. The quantitative estimate of drug-likeness (QED) is 0.539. The Labute approximate surface area is 188 Å². The molecule has 0 bridgehead atoms. The molecular formula is C26H28N2O2S. The van der Waals surface area contributed by atoms with E-state index in [1.54, 1.807) is 18.9 Å². The van der Waals surface area contributed by atoms with Gasteiger partial charge in [-0.15, -0.1) is 0 Å². The van der Waals surface area contributed by atoms with Gasteiger partial charge in [-0.3, -0.25) is 4.79 Å². The Hall–Kier alpha value is -2.92. The molecule has 5 heteroatoms. The van der Waals surface area contributed by atoms with E-state index >= 15 is 0 Å². The molecule has 1 fully saturated rings. The summed E-state index contributed by atoms with van der Waals surface area (Å²) < 4.78 is 5.48. The van der Waals surface area contributed by atoms with E-state index < -0.39 is 0 Å². The van der Waals surface area contributed by atoms with Crippen LogP contribution in [-0.4, -0.2) is 44.1 Å². The minimum absolute atomic E-state index is 0.0959. The lowest BCUT2D eigenvalue weighted by Gasteiger charge is -2.37. The number of benzene rings is 3. The van der Waals surface area contributed by atoms with Crippen LogP contribution in [-0.2, 0) is 0 Å². The second-order valence-electron chi connectivity index (χ2n) is 7.75. The highest BCUT2D eigenvalue weighted by Gasteiger charge is 2.25. The normalized spacial score (nSPS) is 13.9. The van der Waals surface area contributed by atoms with Crippen molar-refractivity contribution < 1.29 is 9.53 Å². The van der Waals surface area contributed by atoms with Gasteiger partial charge in [0.05, 0.1) is 17.6 Å². The van der Waals surface area contributed by atoms with E-state index in [0.29, 0.717) is 0 Å². The van der Waals surface area contributed by atoms with E-state index in [4.69, 9.17) is 4.74 Å². The molecule has 4 rings (SSSR count). The predicted molar refractivity (Wildman–Crippen MR) is 128 cm³/mol. The van der Waals surface area contributed by atoms with Crippen molar-refractivity contribution >= 4 is 23.4 Å². The number of ether oxygens (including phenoxy) is 1. The molecule has 3 aromatic carbocycles. The first-order valence-corrected chi connectivity index (χ1v) is 11.4. The molecule has 1 aliphatic rings. The first kappa shape index (κ1) is 21.3. The Kier molecular flexibility index (Phi) is 6.52. The van der Waals surface area contributed by atoms with Gasteiger partial charge in [-0.2, -0.15) is 0 Å². The van der Waals surface area contributed by atoms with Gasteiger partial charge in [-0.05, 0) is 55.3 Å². The van der Waals surface area contributed by atoms with Crippen LogP contribution in [0.15, 0.2) is 76.5 Å². The Morgan fingerprint density at radius 3 is 2.26 bits per heavy atom. The smallest absolute Gasteiger partial charge is 0.255 e. The van der Waals surface area contributed by atoms with Crippen LogP contribution in [0.1, 0.15) is 21.5 Å². The zero-order valence-corrected chi connectivity index (χ0v) is 19.1. The molecule has 31 heavy (non-hydrogen) atoms. The van der Waals surface area contributed by atoms with E-state index in [1.807, 2.05) is 53.4 Å². The van der Waals surface area contributed by atoms with E-state index in [9.17, 15) is 4.79 Å². The number of rotatable bonds is 5. The zero-order valence-electron chi connectivity index (χ0n) is 18.3. The Morgan fingerprint density at radius 1 is 0.839 bits per heavy atom. The number of aryl methyl sites for hydroxylation is 1. The highest BCUT2D eigenvalue weighted by molar-refractivity contribution is 7.99. The van der Waals surface area contributed by atoms with Gasteiger partial charge >= 0.3 is 0 Å². The number of nitrogens with zero attached hydrogens (tertiary/aromatic N) is 2. The minimum Gasteiger partial charge on any atom is -0.496 e. The molecule has 0 spiro atoms. The molecular weight excluding hydrogens is 404 g/mol. The van der Waals surface area contributed by atoms with E-state index in [-0.39, 0.29) is 5.91 Å². The highest BCUT2D eigenvalue weighted by Crippen LogP contribution is 2.36. The number of hydrogen-bond acceptors (Lipinski definition) is 4. The average molecular weight is 433 g/mol. The number of carbonyl (C=O) groups excluding carboxylic acids is 1. The molecule has 160 valence electrons. The molecule has 0 aliphatic carbocycles. The molecule has 1 saturated heterocycles. The van der Waals surface area contributed by atoms with Gasteiger partial charge in [0.25, 0.3) is 5.91 Å². The lowest BCUT2D eigenvalue weighted by Crippen LogP contribution is -2.49. The van der Waals surface area contributed by atoms with Crippen molar-refractivity contribution in [2.24, 2.45) is 0 Å². The number of methoxy groups -OCH3 is 1. The van der Waals surface area contributed by atoms with Crippen LogP contribution in [0.2, 0.25) is 0 Å². The maximum atomic E-state index is 13.4. The highest BCUT2D eigenvalue weighted by atomic mass is 32.2. The minimum atomic E-state index is 0.0959. The van der Waals surface area contributed by atoms with Crippen molar-refractivity contribution in [1.29, 1.82) is 0 Å². The average Bonchev–Trinajstić information content (AvgIpc) is 2.81. The summed E-state index contributed by atoms with van der Waals surface area (Å²) in [6.45, 7) is 7.46. The fourth-order valence-electron chi connectivity index (χ4n) is 3.95. The molecule has 0 saturated carbocycles. The molecule has 3 aromatic rings. The molecule has 1 amide bonds. The third kappa shape index (κ3) is 4.57. The number of para-hydroxylation sites is 1. The summed E-state index contributed by atoms with van der Waals surface area (Å²) in [4.78, 5) is 19.7. The molecule has 0 radical (unpaired) electrons. The van der Waals surface area contributed by atoms with Crippen LogP contribution in [0.4, 0.5) is 5.69 Å². The van der Waals surface area contributed by atoms with Gasteiger partial charge in [0, 0.05) is 36.8 Å². The van der Waals surface area contributed by atoms with Gasteiger partial charge in [0.1, 0.15) is 5.75 Å². The maximum Gasteiger partial charge on any atom is 0.255 e. The lowest BCUT2D eigenvalue weighted by atomic mass is 10.1. The SMILES string of the molecule is COc1ccccc1Sc1ccccc1C(=O)N1CCN(c2cccc(C)c2C)CC1.